The van der Waals surface area contributed by atoms with Crippen LogP contribution in [0.25, 0.3) is 22.3 Å². The highest BCUT2D eigenvalue weighted by atomic mass is 16.5. The van der Waals surface area contributed by atoms with Crippen molar-refractivity contribution in [3.05, 3.63) is 81.5 Å². The van der Waals surface area contributed by atoms with Gasteiger partial charge in [0.1, 0.15) is 28.2 Å². The van der Waals surface area contributed by atoms with Crippen LogP contribution in [0.1, 0.15) is 37.0 Å². The van der Waals surface area contributed by atoms with Gasteiger partial charge < -0.3 is 29.6 Å². The highest BCUT2D eigenvalue weighted by molar-refractivity contribution is 5.88. The third kappa shape index (κ3) is 5.31. The second-order valence-corrected chi connectivity index (χ2v) is 9.26. The molecule has 1 heterocycles. The molecule has 0 saturated heterocycles. The Morgan fingerprint density at radius 3 is 2.36 bits per heavy atom. The van der Waals surface area contributed by atoms with Crippen LogP contribution in [0.15, 0.2) is 63.8 Å². The van der Waals surface area contributed by atoms with E-state index in [-0.39, 0.29) is 53.1 Å². The summed E-state index contributed by atoms with van der Waals surface area (Å²) in [6.07, 6.45) is 1.38. The fraction of sp³-hybridized carbons (Fsp3) is 0.276. The van der Waals surface area contributed by atoms with Crippen molar-refractivity contribution in [2.45, 2.75) is 33.1 Å². The maximum absolute atomic E-state index is 13.2. The Hall–Kier alpha value is -3.97. The molecule has 0 aliphatic rings. The van der Waals surface area contributed by atoms with E-state index in [0.717, 1.165) is 5.56 Å². The van der Waals surface area contributed by atoms with Gasteiger partial charge in [-0.05, 0) is 41.2 Å². The van der Waals surface area contributed by atoms with E-state index >= 15 is 0 Å². The van der Waals surface area contributed by atoms with E-state index in [4.69, 9.17) is 14.3 Å². The fourth-order valence-corrected chi connectivity index (χ4v) is 4.25. The van der Waals surface area contributed by atoms with Crippen molar-refractivity contribution < 1.29 is 29.6 Å². The molecule has 0 amide bonds. The molecule has 4 N–H and O–H groups in total. The Morgan fingerprint density at radius 1 is 0.944 bits per heavy atom. The average molecular weight is 491 g/mol. The third-order valence-corrected chi connectivity index (χ3v) is 5.88. The fourth-order valence-electron chi connectivity index (χ4n) is 4.25. The van der Waals surface area contributed by atoms with E-state index in [9.17, 15) is 20.1 Å². The molecule has 1 aromatic heterocycles. The lowest BCUT2D eigenvalue weighted by molar-refractivity contribution is 0.234. The van der Waals surface area contributed by atoms with Crippen molar-refractivity contribution >= 4 is 11.0 Å². The van der Waals surface area contributed by atoms with Crippen LogP contribution >= 0.6 is 0 Å². The Bertz CT molecular complexity index is 1420. The molecule has 0 saturated carbocycles. The van der Waals surface area contributed by atoms with Crippen LogP contribution in [0, 0.1) is 5.92 Å². The lowest BCUT2D eigenvalue weighted by atomic mass is 9.93. The topological polar surface area (TPSA) is 120 Å². The van der Waals surface area contributed by atoms with Gasteiger partial charge in [-0.25, -0.2) is 0 Å². The van der Waals surface area contributed by atoms with E-state index in [1.807, 2.05) is 44.2 Å². The lowest BCUT2D eigenvalue weighted by Gasteiger charge is -2.16. The van der Waals surface area contributed by atoms with Crippen molar-refractivity contribution in [3.63, 3.8) is 0 Å². The maximum Gasteiger partial charge on any atom is 0.238 e. The minimum Gasteiger partial charge on any atom is -0.508 e. The summed E-state index contributed by atoms with van der Waals surface area (Å²) in [5, 5.41) is 41.1. The van der Waals surface area contributed by atoms with Crippen LogP contribution in [0.5, 0.6) is 23.0 Å². The van der Waals surface area contributed by atoms with Crippen molar-refractivity contribution in [3.8, 4) is 34.3 Å². The summed E-state index contributed by atoms with van der Waals surface area (Å²) in [4.78, 5) is 13.2. The largest absolute Gasteiger partial charge is 0.508 e. The highest BCUT2D eigenvalue weighted by Gasteiger charge is 2.22. The van der Waals surface area contributed by atoms with E-state index in [2.05, 4.69) is 0 Å². The predicted octanol–water partition coefficient (Wildman–Crippen LogP) is 5.13. The average Bonchev–Trinajstić information content (AvgIpc) is 2.84. The second-order valence-electron chi connectivity index (χ2n) is 9.26. The Morgan fingerprint density at radius 2 is 1.67 bits per heavy atom. The monoisotopic (exact) mass is 490 g/mol. The summed E-state index contributed by atoms with van der Waals surface area (Å²) >= 11 is 0. The number of aliphatic hydroxyl groups excluding tert-OH is 1. The molecule has 7 nitrogen and oxygen atoms in total. The molecule has 0 aliphatic carbocycles. The molecule has 4 rings (SSSR count). The van der Waals surface area contributed by atoms with Gasteiger partial charge in [0.2, 0.25) is 11.2 Å². The van der Waals surface area contributed by atoms with Crippen LogP contribution in [0.2, 0.25) is 0 Å². The first-order valence-corrected chi connectivity index (χ1v) is 11.9. The van der Waals surface area contributed by atoms with Crippen LogP contribution < -0.4 is 10.2 Å². The van der Waals surface area contributed by atoms with Gasteiger partial charge in [-0.2, -0.15) is 0 Å². The molecule has 3 aromatic carbocycles. The molecule has 188 valence electrons. The van der Waals surface area contributed by atoms with E-state index < -0.39 is 11.2 Å². The standard InChI is InChI=1S/C29H30O7/c1-17(2)11-19-13-21(14-20(26(19)32)12-18-7-4-3-5-8-18)29-28(34)27(33)25-23(35-10-6-9-30)15-22(31)16-24(25)36-29/h3-5,7-8,13-17,30-32,34H,6,9-12H2,1-2H3. The number of benzene rings is 3. The Kier molecular flexibility index (Phi) is 7.50. The summed E-state index contributed by atoms with van der Waals surface area (Å²) in [7, 11) is 0. The smallest absolute Gasteiger partial charge is 0.238 e. The zero-order valence-corrected chi connectivity index (χ0v) is 20.3. The van der Waals surface area contributed by atoms with Gasteiger partial charge in [-0.3, -0.25) is 4.79 Å². The first-order chi connectivity index (χ1) is 17.3. The Labute approximate surface area is 208 Å². The molecule has 0 unspecified atom stereocenters. The van der Waals surface area contributed by atoms with Gasteiger partial charge in [0.05, 0.1) is 6.61 Å². The van der Waals surface area contributed by atoms with Crippen molar-refractivity contribution in [2.75, 3.05) is 13.2 Å². The molecule has 36 heavy (non-hydrogen) atoms. The van der Waals surface area contributed by atoms with E-state index in [0.29, 0.717) is 36.0 Å². The normalized spacial score (nSPS) is 11.3. The molecule has 0 atom stereocenters. The molecule has 7 heteroatoms. The maximum atomic E-state index is 13.2. The first-order valence-electron chi connectivity index (χ1n) is 11.9. The second kappa shape index (κ2) is 10.7. The van der Waals surface area contributed by atoms with Gasteiger partial charge in [0.25, 0.3) is 0 Å². The van der Waals surface area contributed by atoms with Crippen molar-refractivity contribution in [2.24, 2.45) is 5.92 Å². The first kappa shape index (κ1) is 25.1. The van der Waals surface area contributed by atoms with Crippen LogP contribution in [-0.2, 0) is 12.8 Å². The number of hydrogen-bond donors (Lipinski definition) is 4. The summed E-state index contributed by atoms with van der Waals surface area (Å²) in [6, 6.07) is 15.7. The van der Waals surface area contributed by atoms with Gasteiger partial charge in [-0.15, -0.1) is 0 Å². The summed E-state index contributed by atoms with van der Waals surface area (Å²) in [5.41, 5.74) is 2.11. The number of rotatable bonds is 9. The van der Waals surface area contributed by atoms with E-state index in [1.54, 1.807) is 12.1 Å². The van der Waals surface area contributed by atoms with Crippen LogP contribution in [0.3, 0.4) is 0 Å². The van der Waals surface area contributed by atoms with Crippen molar-refractivity contribution in [1.82, 2.24) is 0 Å². The molecule has 0 bridgehead atoms. The minimum absolute atomic E-state index is 0.00215. The summed E-state index contributed by atoms with van der Waals surface area (Å²) in [6.45, 7) is 4.11. The number of fused-ring (bicyclic) bond motifs is 1. The van der Waals surface area contributed by atoms with E-state index in [1.165, 1.54) is 12.1 Å². The minimum atomic E-state index is -0.701. The zero-order chi connectivity index (χ0) is 25.8. The Balaban J connectivity index is 1.89. The number of phenols is 2. The molecular weight excluding hydrogens is 460 g/mol. The number of aromatic hydroxyl groups is 3. The lowest BCUT2D eigenvalue weighted by Crippen LogP contribution is -2.07. The van der Waals surface area contributed by atoms with Crippen LogP contribution in [0.4, 0.5) is 0 Å². The SMILES string of the molecule is CC(C)Cc1cc(-c2oc3cc(O)cc(OCCCO)c3c(=O)c2O)cc(Cc2ccccc2)c1O. The van der Waals surface area contributed by atoms with Gasteiger partial charge in [-0.1, -0.05) is 44.2 Å². The number of ether oxygens (including phenoxy) is 1. The molecule has 0 fully saturated rings. The number of aliphatic hydroxyl groups is 1. The molecule has 0 aliphatic heterocycles. The highest BCUT2D eigenvalue weighted by Crippen LogP contribution is 2.39. The van der Waals surface area contributed by atoms with Gasteiger partial charge in [0.15, 0.2) is 5.76 Å². The van der Waals surface area contributed by atoms with Gasteiger partial charge >= 0.3 is 0 Å². The summed E-state index contributed by atoms with van der Waals surface area (Å²) < 4.78 is 11.5. The molecule has 0 spiro atoms. The zero-order valence-electron chi connectivity index (χ0n) is 20.3. The number of hydrogen-bond acceptors (Lipinski definition) is 7. The molecular formula is C29H30O7. The summed E-state index contributed by atoms with van der Waals surface area (Å²) in [5.74, 6) is -0.326. The molecule has 4 aromatic rings. The van der Waals surface area contributed by atoms with Crippen molar-refractivity contribution in [1.29, 1.82) is 0 Å². The van der Waals surface area contributed by atoms with Gasteiger partial charge in [0, 0.05) is 37.1 Å². The third-order valence-electron chi connectivity index (χ3n) is 5.88. The molecule has 0 radical (unpaired) electrons. The number of phenolic OH excluding ortho intramolecular Hbond substituents is 2. The van der Waals surface area contributed by atoms with Crippen LogP contribution in [-0.4, -0.2) is 33.6 Å². The quantitative estimate of drug-likeness (QED) is 0.240. The predicted molar refractivity (Wildman–Crippen MR) is 138 cm³/mol.